The number of fused-ring (bicyclic) bond motifs is 6. The molecule has 15 nitrogen and oxygen atoms in total. The Morgan fingerprint density at radius 1 is 1.01 bits per heavy atom. The van der Waals surface area contributed by atoms with E-state index in [1.807, 2.05) is 38.2 Å². The lowest BCUT2D eigenvalue weighted by Crippen LogP contribution is -2.62. The van der Waals surface area contributed by atoms with E-state index >= 15 is 0 Å². The first kappa shape index (κ1) is 48.0. The van der Waals surface area contributed by atoms with E-state index in [-0.39, 0.29) is 61.1 Å². The van der Waals surface area contributed by atoms with E-state index in [2.05, 4.69) is 78.4 Å². The third kappa shape index (κ3) is 10.2. The van der Waals surface area contributed by atoms with Gasteiger partial charge in [-0.2, -0.15) is 0 Å². The largest absolute Gasteiger partial charge is 0.508 e. The monoisotopic (exact) mass is 924 g/mol. The molecule has 4 atom stereocenters. The van der Waals surface area contributed by atoms with Gasteiger partial charge in [-0.25, -0.2) is 5.43 Å². The van der Waals surface area contributed by atoms with Crippen molar-refractivity contribution in [1.82, 2.24) is 40.5 Å². The van der Waals surface area contributed by atoms with E-state index in [9.17, 15) is 29.1 Å². The summed E-state index contributed by atoms with van der Waals surface area (Å²) in [5, 5.41) is 19.7. The number of Topliss-reactive ketones (excluding diaryl/α,β-unsaturated/α-hetero) is 1. The van der Waals surface area contributed by atoms with E-state index < -0.39 is 47.2 Å². The second-order valence-corrected chi connectivity index (χ2v) is 20.1. The van der Waals surface area contributed by atoms with E-state index in [4.69, 9.17) is 9.72 Å². The van der Waals surface area contributed by atoms with Gasteiger partial charge in [-0.15, -0.1) is 0 Å². The second-order valence-electron chi connectivity index (χ2n) is 20.1. The minimum absolute atomic E-state index is 0.00831. The third-order valence-electron chi connectivity index (χ3n) is 13.3. The fourth-order valence-electron chi connectivity index (χ4n) is 9.85. The number of aromatic nitrogens is 3. The van der Waals surface area contributed by atoms with Crippen molar-refractivity contribution in [3.8, 4) is 28.1 Å². The number of carbonyl (C=O) groups excluding carboxylic acids is 5. The van der Waals surface area contributed by atoms with Gasteiger partial charge in [0.1, 0.15) is 29.6 Å². The standard InChI is InChI=1S/C53H64N8O7/c1-9-60-44-17-15-34-25-38(44)39(48(60)37-12-10-18-54-46(37)30(2)3)26-53(6,7)29-68-52(67)41-13-11-19-61(58-41)51(66)42(22-33-20-35(34)24-36(62)21-33)57-49(64)47(31(4)5)59(8)50(65)40-16-14-32(27-55-40)23-45(63)43-28-56-43/h10,12,14-18,20-21,24-25,27,30-31,41-43,47,56,58,62H,9,11,13,19,22-23,26,28-29H2,1-8H3,(H,57,64)/t41-,42-,43+,47-/m0/s1. The van der Waals surface area contributed by atoms with Crippen LogP contribution in [-0.2, 0) is 49.7 Å². The summed E-state index contributed by atoms with van der Waals surface area (Å²) >= 11 is 0. The van der Waals surface area contributed by atoms with E-state index in [0.29, 0.717) is 43.5 Å². The van der Waals surface area contributed by atoms with Crippen LogP contribution in [0.25, 0.3) is 33.3 Å². The van der Waals surface area contributed by atoms with Gasteiger partial charge in [0.05, 0.1) is 24.0 Å². The highest BCUT2D eigenvalue weighted by Crippen LogP contribution is 2.42. The minimum atomic E-state index is -1.18. The maximum absolute atomic E-state index is 14.7. The number of carbonyl (C=O) groups is 5. The van der Waals surface area contributed by atoms with Gasteiger partial charge in [0, 0.05) is 73.8 Å². The fraction of sp³-hybridized carbons (Fsp3) is 0.453. The Morgan fingerprint density at radius 3 is 2.49 bits per heavy atom. The van der Waals surface area contributed by atoms with Crippen LogP contribution in [0.15, 0.2) is 73.1 Å². The molecule has 2 fully saturated rings. The number of esters is 1. The first-order chi connectivity index (χ1) is 32.4. The number of hydrogen-bond donors (Lipinski definition) is 4. The number of phenolic OH excluding ortho intramolecular Hbond substituents is 1. The molecule has 4 N–H and O–H groups in total. The summed E-state index contributed by atoms with van der Waals surface area (Å²) in [7, 11) is 1.53. The number of hydrazine groups is 1. The van der Waals surface area contributed by atoms with Gasteiger partial charge in [0.15, 0.2) is 5.78 Å². The number of rotatable bonds is 11. The molecule has 68 heavy (non-hydrogen) atoms. The number of nitrogens with one attached hydrogen (secondary N) is 3. The van der Waals surface area contributed by atoms with Crippen LogP contribution in [0.4, 0.5) is 0 Å². The van der Waals surface area contributed by atoms with Gasteiger partial charge in [0.25, 0.3) is 11.8 Å². The maximum Gasteiger partial charge on any atom is 0.324 e. The van der Waals surface area contributed by atoms with Crippen molar-refractivity contribution >= 4 is 40.4 Å². The van der Waals surface area contributed by atoms with Gasteiger partial charge in [-0.05, 0) is 108 Å². The first-order valence-corrected chi connectivity index (χ1v) is 23.9. The van der Waals surface area contributed by atoms with Crippen LogP contribution >= 0.6 is 0 Å². The molecule has 8 rings (SSSR count). The molecule has 2 aromatic carbocycles. The average molecular weight is 925 g/mol. The molecule has 0 radical (unpaired) electrons. The molecule has 3 aliphatic rings. The zero-order valence-electron chi connectivity index (χ0n) is 40.4. The molecule has 3 aliphatic heterocycles. The fourth-order valence-corrected chi connectivity index (χ4v) is 9.85. The molecule has 0 aliphatic carbocycles. The third-order valence-corrected chi connectivity index (χ3v) is 13.3. The summed E-state index contributed by atoms with van der Waals surface area (Å²) in [6, 6.07) is 15.7. The van der Waals surface area contributed by atoms with Crippen LogP contribution in [0.5, 0.6) is 5.75 Å². The number of aryl methyl sites for hydroxylation is 1. The summed E-state index contributed by atoms with van der Waals surface area (Å²) in [6.07, 6.45) is 5.04. The molecular weight excluding hydrogens is 861 g/mol. The number of pyridine rings is 2. The highest BCUT2D eigenvalue weighted by molar-refractivity contribution is 5.98. The van der Waals surface area contributed by atoms with Crippen molar-refractivity contribution in [2.45, 2.75) is 117 Å². The quantitative estimate of drug-likeness (QED) is 0.0877. The van der Waals surface area contributed by atoms with Crippen LogP contribution in [0, 0.1) is 11.3 Å². The number of aromatic hydroxyl groups is 1. The normalized spacial score (nSPS) is 19.9. The van der Waals surface area contributed by atoms with Crippen LogP contribution in [0.3, 0.4) is 0 Å². The molecule has 358 valence electrons. The molecule has 6 heterocycles. The predicted molar refractivity (Wildman–Crippen MR) is 259 cm³/mol. The molecule has 0 unspecified atom stereocenters. The highest BCUT2D eigenvalue weighted by atomic mass is 16.5. The van der Waals surface area contributed by atoms with Gasteiger partial charge in [-0.3, -0.25) is 38.9 Å². The molecular formula is C53H64N8O7. The van der Waals surface area contributed by atoms with Crippen molar-refractivity contribution in [1.29, 1.82) is 0 Å². The van der Waals surface area contributed by atoms with Gasteiger partial charge in [-0.1, -0.05) is 59.7 Å². The van der Waals surface area contributed by atoms with E-state index in [1.165, 1.54) is 23.2 Å². The van der Waals surface area contributed by atoms with Crippen LogP contribution in [0.2, 0.25) is 0 Å². The zero-order valence-corrected chi connectivity index (χ0v) is 40.4. The Kier molecular flexibility index (Phi) is 13.9. The van der Waals surface area contributed by atoms with Gasteiger partial charge >= 0.3 is 5.97 Å². The van der Waals surface area contributed by atoms with Gasteiger partial charge in [0.2, 0.25) is 5.91 Å². The molecule has 2 saturated heterocycles. The Labute approximate surface area is 398 Å². The first-order valence-electron chi connectivity index (χ1n) is 23.9. The molecule has 6 bridgehead atoms. The SMILES string of the molecule is CCn1c(-c2cccnc2C(C)C)c2c3cc(ccc31)-c1cc(O)cc(c1)C[C@H](NC(=O)[C@H](C(C)C)N(C)C(=O)c1ccc(CC(=O)[C@H]3CN3)cn1)C(=O)N1CCC[C@H](N1)C(=O)OCC(C)(C)C2. The number of ether oxygens (including phenoxy) is 1. The number of nitrogens with zero attached hydrogens (tertiary/aromatic N) is 5. The predicted octanol–water partition coefficient (Wildman–Crippen LogP) is 6.14. The molecule has 15 heteroatoms. The summed E-state index contributed by atoms with van der Waals surface area (Å²) in [5.74, 6) is -2.20. The van der Waals surface area contributed by atoms with E-state index in [1.54, 1.807) is 24.3 Å². The second kappa shape index (κ2) is 19.6. The number of benzene rings is 2. The van der Waals surface area contributed by atoms with Crippen LogP contribution in [0.1, 0.15) is 100 Å². The van der Waals surface area contributed by atoms with Crippen molar-refractivity contribution in [2.75, 3.05) is 26.7 Å². The maximum atomic E-state index is 14.7. The molecule has 3 aromatic heterocycles. The average Bonchev–Trinajstić information content (AvgIpc) is 4.13. The lowest BCUT2D eigenvalue weighted by Gasteiger charge is -2.36. The number of ketones is 1. The molecule has 0 saturated carbocycles. The minimum Gasteiger partial charge on any atom is -0.508 e. The van der Waals surface area contributed by atoms with Crippen molar-refractivity contribution in [2.24, 2.45) is 11.3 Å². The molecule has 3 amide bonds. The lowest BCUT2D eigenvalue weighted by molar-refractivity contribution is -0.155. The number of phenols is 1. The summed E-state index contributed by atoms with van der Waals surface area (Å²) in [6.45, 7) is 16.0. The van der Waals surface area contributed by atoms with Gasteiger partial charge < -0.3 is 29.9 Å². The van der Waals surface area contributed by atoms with E-state index in [0.717, 1.165) is 44.5 Å². The van der Waals surface area contributed by atoms with Crippen molar-refractivity contribution in [3.05, 3.63) is 101 Å². The molecule has 0 spiro atoms. The summed E-state index contributed by atoms with van der Waals surface area (Å²) in [4.78, 5) is 80.0. The van der Waals surface area contributed by atoms with Crippen molar-refractivity contribution in [3.63, 3.8) is 0 Å². The van der Waals surface area contributed by atoms with Crippen LogP contribution in [-0.4, -0.2) is 110 Å². The smallest absolute Gasteiger partial charge is 0.324 e. The summed E-state index contributed by atoms with van der Waals surface area (Å²) in [5.41, 5.74) is 10.8. The number of hydrogen-bond acceptors (Lipinski definition) is 11. The Morgan fingerprint density at radius 2 is 1.79 bits per heavy atom. The number of cyclic esters (lactones) is 1. The highest BCUT2D eigenvalue weighted by Gasteiger charge is 2.38. The Bertz CT molecular complexity index is 2740. The number of amides is 3. The Hall–Kier alpha value is -6.45. The molecule has 5 aromatic rings. The van der Waals surface area contributed by atoms with Crippen LogP contribution < -0.4 is 16.1 Å². The topological polar surface area (TPSA) is 198 Å². The Balaban J connectivity index is 1.17. The number of likely N-dealkylation sites (N-methyl/N-ethyl adjacent to an activating group) is 1. The van der Waals surface area contributed by atoms with Crippen molar-refractivity contribution < 1.29 is 33.8 Å². The lowest BCUT2D eigenvalue weighted by atomic mass is 9.83. The summed E-state index contributed by atoms with van der Waals surface area (Å²) < 4.78 is 8.44. The zero-order chi connectivity index (χ0) is 48.6.